The van der Waals surface area contributed by atoms with Gasteiger partial charge in [0.15, 0.2) is 0 Å². The van der Waals surface area contributed by atoms with Crippen LogP contribution in [-0.4, -0.2) is 22.3 Å². The zero-order valence-corrected chi connectivity index (χ0v) is 7.10. The van der Waals surface area contributed by atoms with Crippen molar-refractivity contribution in [2.24, 2.45) is 0 Å². The van der Waals surface area contributed by atoms with E-state index in [2.05, 4.69) is 4.98 Å². The summed E-state index contributed by atoms with van der Waals surface area (Å²) in [6.07, 6.45) is 9.25. The highest BCUT2D eigenvalue weighted by atomic mass is 16.2. The Labute approximate surface area is 76.4 Å². The third-order valence-electron chi connectivity index (χ3n) is 1.90. The first kappa shape index (κ1) is 7.86. The van der Waals surface area contributed by atoms with Gasteiger partial charge in [-0.1, -0.05) is 12.2 Å². The van der Waals surface area contributed by atoms with Crippen molar-refractivity contribution >= 4 is 5.91 Å². The van der Waals surface area contributed by atoms with Crippen molar-refractivity contribution in [1.82, 2.24) is 9.88 Å². The number of allylic oxidation sites excluding steroid dienone is 2. The molecular formula is C10H10N2O. The lowest BCUT2D eigenvalue weighted by Gasteiger charge is -2.17. The molecule has 66 valence electrons. The summed E-state index contributed by atoms with van der Waals surface area (Å²) in [4.78, 5) is 16.2. The molecule has 1 aliphatic rings. The molecule has 0 fully saturated rings. The molecular weight excluding hydrogens is 164 g/mol. The number of H-pyrrole nitrogens is 1. The molecule has 2 heterocycles. The third kappa shape index (κ3) is 1.54. The van der Waals surface area contributed by atoms with E-state index < -0.39 is 0 Å². The second-order valence-electron chi connectivity index (χ2n) is 2.81. The smallest absolute Gasteiger partial charge is 0.274 e. The molecule has 0 aromatic carbocycles. The average molecular weight is 174 g/mol. The van der Waals surface area contributed by atoms with Crippen LogP contribution < -0.4 is 0 Å². The number of carbonyl (C=O) groups excluding carboxylic acids is 1. The first-order valence-corrected chi connectivity index (χ1v) is 4.15. The lowest BCUT2D eigenvalue weighted by atomic mass is 10.3. The Morgan fingerprint density at radius 3 is 3.00 bits per heavy atom. The molecule has 0 spiro atoms. The van der Waals surface area contributed by atoms with Crippen LogP contribution in [-0.2, 0) is 0 Å². The summed E-state index contributed by atoms with van der Waals surface area (Å²) in [5.74, 6) is 0.00519. The maximum atomic E-state index is 11.7. The van der Waals surface area contributed by atoms with Gasteiger partial charge in [0.2, 0.25) is 0 Å². The molecule has 2 rings (SSSR count). The van der Waals surface area contributed by atoms with Crippen LogP contribution >= 0.6 is 0 Å². The van der Waals surface area contributed by atoms with Crippen LogP contribution in [0.1, 0.15) is 10.5 Å². The van der Waals surface area contributed by atoms with Gasteiger partial charge in [-0.15, -0.1) is 0 Å². The van der Waals surface area contributed by atoms with Crippen LogP contribution in [0.3, 0.4) is 0 Å². The SMILES string of the molecule is O=C(c1ccc[nH]1)N1C=CC=CC1. The van der Waals surface area contributed by atoms with E-state index in [0.717, 1.165) is 0 Å². The molecule has 0 bridgehead atoms. The molecule has 1 aromatic heterocycles. The quantitative estimate of drug-likeness (QED) is 0.688. The standard InChI is InChI=1S/C10H10N2O/c13-10(9-5-4-6-11-9)12-7-2-1-3-8-12/h1-7,11H,8H2. The molecule has 3 nitrogen and oxygen atoms in total. The van der Waals surface area contributed by atoms with Crippen LogP contribution in [0, 0.1) is 0 Å². The van der Waals surface area contributed by atoms with Crippen molar-refractivity contribution in [3.05, 3.63) is 48.5 Å². The Hall–Kier alpha value is -1.77. The molecule has 0 unspecified atom stereocenters. The minimum Gasteiger partial charge on any atom is -0.357 e. The van der Waals surface area contributed by atoms with Crippen LogP contribution in [0.15, 0.2) is 42.8 Å². The van der Waals surface area contributed by atoms with Gasteiger partial charge in [0.1, 0.15) is 5.69 Å². The summed E-state index contributed by atoms with van der Waals surface area (Å²) in [6, 6.07) is 3.59. The first-order valence-electron chi connectivity index (χ1n) is 4.15. The highest BCUT2D eigenvalue weighted by Gasteiger charge is 2.13. The van der Waals surface area contributed by atoms with Crippen LogP contribution in [0.5, 0.6) is 0 Å². The Morgan fingerprint density at radius 2 is 2.38 bits per heavy atom. The maximum absolute atomic E-state index is 11.7. The molecule has 13 heavy (non-hydrogen) atoms. The minimum absolute atomic E-state index is 0.00519. The second-order valence-corrected chi connectivity index (χ2v) is 2.81. The van der Waals surface area contributed by atoms with Gasteiger partial charge in [0, 0.05) is 18.9 Å². The molecule has 0 aliphatic carbocycles. The summed E-state index contributed by atoms with van der Waals surface area (Å²) in [5.41, 5.74) is 0.625. The highest BCUT2D eigenvalue weighted by molar-refractivity contribution is 5.93. The zero-order chi connectivity index (χ0) is 9.10. The number of aromatic nitrogens is 1. The summed E-state index contributed by atoms with van der Waals surface area (Å²) in [5, 5.41) is 0. The number of aromatic amines is 1. The van der Waals surface area contributed by atoms with Gasteiger partial charge in [0.25, 0.3) is 5.91 Å². The molecule has 1 aliphatic heterocycles. The predicted molar refractivity (Wildman–Crippen MR) is 50.1 cm³/mol. The van der Waals surface area contributed by atoms with Gasteiger partial charge in [-0.3, -0.25) is 4.79 Å². The van der Waals surface area contributed by atoms with Gasteiger partial charge in [-0.25, -0.2) is 0 Å². The fourth-order valence-electron chi connectivity index (χ4n) is 1.24. The fourth-order valence-corrected chi connectivity index (χ4v) is 1.24. The number of amides is 1. The number of carbonyl (C=O) groups is 1. The van der Waals surface area contributed by atoms with E-state index in [4.69, 9.17) is 0 Å². The van der Waals surface area contributed by atoms with Crippen molar-refractivity contribution < 1.29 is 4.79 Å². The molecule has 1 amide bonds. The molecule has 0 radical (unpaired) electrons. The molecule has 3 heteroatoms. The van der Waals surface area contributed by atoms with E-state index in [0.29, 0.717) is 12.2 Å². The minimum atomic E-state index is 0.00519. The van der Waals surface area contributed by atoms with Crippen LogP contribution in [0.25, 0.3) is 0 Å². The van der Waals surface area contributed by atoms with Crippen molar-refractivity contribution in [3.63, 3.8) is 0 Å². The van der Waals surface area contributed by atoms with E-state index >= 15 is 0 Å². The van der Waals surface area contributed by atoms with Gasteiger partial charge in [0.05, 0.1) is 0 Å². The highest BCUT2D eigenvalue weighted by Crippen LogP contribution is 2.05. The Balaban J connectivity index is 2.14. The van der Waals surface area contributed by atoms with Gasteiger partial charge in [-0.05, 0) is 18.2 Å². The van der Waals surface area contributed by atoms with Crippen molar-refractivity contribution in [1.29, 1.82) is 0 Å². The summed E-state index contributed by atoms with van der Waals surface area (Å²) in [7, 11) is 0. The normalized spacial score (nSPS) is 14.9. The summed E-state index contributed by atoms with van der Waals surface area (Å²) in [6.45, 7) is 0.647. The molecule has 0 saturated carbocycles. The lowest BCUT2D eigenvalue weighted by molar-refractivity contribution is 0.0829. The van der Waals surface area contributed by atoms with Crippen LogP contribution in [0.2, 0.25) is 0 Å². The predicted octanol–water partition coefficient (Wildman–Crippen LogP) is 1.54. The zero-order valence-electron chi connectivity index (χ0n) is 7.10. The van der Waals surface area contributed by atoms with Crippen molar-refractivity contribution in [2.45, 2.75) is 0 Å². The molecule has 1 aromatic rings. The third-order valence-corrected chi connectivity index (χ3v) is 1.90. The van der Waals surface area contributed by atoms with E-state index in [1.165, 1.54) is 0 Å². The number of hydrogen-bond acceptors (Lipinski definition) is 1. The topological polar surface area (TPSA) is 36.1 Å². The van der Waals surface area contributed by atoms with Crippen molar-refractivity contribution in [2.75, 3.05) is 6.54 Å². The Bertz CT molecular complexity index is 349. The Morgan fingerprint density at radius 1 is 1.46 bits per heavy atom. The fraction of sp³-hybridized carbons (Fsp3) is 0.100. The van der Waals surface area contributed by atoms with E-state index in [9.17, 15) is 4.79 Å². The molecule has 0 atom stereocenters. The second kappa shape index (κ2) is 3.31. The summed E-state index contributed by atoms with van der Waals surface area (Å²) < 4.78 is 0. The molecule has 0 saturated heterocycles. The average Bonchev–Trinajstić information content (AvgIpc) is 2.71. The lowest BCUT2D eigenvalue weighted by Crippen LogP contribution is -2.27. The summed E-state index contributed by atoms with van der Waals surface area (Å²) >= 11 is 0. The number of hydrogen-bond donors (Lipinski definition) is 1. The van der Waals surface area contributed by atoms with Crippen LogP contribution in [0.4, 0.5) is 0 Å². The number of nitrogens with one attached hydrogen (secondary N) is 1. The van der Waals surface area contributed by atoms with E-state index in [-0.39, 0.29) is 5.91 Å². The molecule has 1 N–H and O–H groups in total. The van der Waals surface area contributed by atoms with E-state index in [1.54, 1.807) is 23.4 Å². The first-order chi connectivity index (χ1) is 6.38. The van der Waals surface area contributed by atoms with E-state index in [1.807, 2.05) is 24.3 Å². The largest absolute Gasteiger partial charge is 0.357 e. The maximum Gasteiger partial charge on any atom is 0.274 e. The van der Waals surface area contributed by atoms with Crippen molar-refractivity contribution in [3.8, 4) is 0 Å². The van der Waals surface area contributed by atoms with Gasteiger partial charge < -0.3 is 9.88 Å². The monoisotopic (exact) mass is 174 g/mol. The number of rotatable bonds is 1. The van der Waals surface area contributed by atoms with Gasteiger partial charge in [-0.2, -0.15) is 0 Å². The number of nitrogens with zero attached hydrogens (tertiary/aromatic N) is 1. The van der Waals surface area contributed by atoms with Gasteiger partial charge >= 0.3 is 0 Å². The Kier molecular flexibility index (Phi) is 2.00.